The van der Waals surface area contributed by atoms with E-state index in [-0.39, 0.29) is 0 Å². The van der Waals surface area contributed by atoms with Crippen molar-refractivity contribution in [3.63, 3.8) is 0 Å². The summed E-state index contributed by atoms with van der Waals surface area (Å²) in [5.41, 5.74) is 10.5. The van der Waals surface area contributed by atoms with Crippen LogP contribution in [-0.4, -0.2) is 4.99 Å². The third kappa shape index (κ3) is 3.42. The van der Waals surface area contributed by atoms with Crippen molar-refractivity contribution in [2.45, 2.75) is 32.3 Å². The van der Waals surface area contributed by atoms with E-state index in [1.54, 1.807) is 0 Å². The van der Waals surface area contributed by atoms with Crippen molar-refractivity contribution in [1.29, 1.82) is 0 Å². The van der Waals surface area contributed by atoms with E-state index in [9.17, 15) is 0 Å². The zero-order valence-electron chi connectivity index (χ0n) is 12.0. The fourth-order valence-corrected chi connectivity index (χ4v) is 2.91. The van der Waals surface area contributed by atoms with Crippen LogP contribution < -0.4 is 10.5 Å². The zero-order chi connectivity index (χ0) is 14.7. The Labute approximate surface area is 130 Å². The molecule has 108 valence electrons. The van der Waals surface area contributed by atoms with E-state index in [0.29, 0.717) is 11.6 Å². The smallest absolute Gasteiger partial charge is 0.120 e. The number of nitrogens with two attached hydrogens (primary N) is 1. The van der Waals surface area contributed by atoms with Crippen LogP contribution in [0, 0.1) is 0 Å². The van der Waals surface area contributed by atoms with E-state index < -0.39 is 0 Å². The van der Waals surface area contributed by atoms with Crippen molar-refractivity contribution < 1.29 is 4.74 Å². The molecular formula is C18H19NOS. The van der Waals surface area contributed by atoms with E-state index in [1.807, 2.05) is 24.3 Å². The molecule has 0 spiro atoms. The molecule has 3 heteroatoms. The number of aryl methyl sites for hydroxylation is 2. The van der Waals surface area contributed by atoms with E-state index >= 15 is 0 Å². The highest BCUT2D eigenvalue weighted by Crippen LogP contribution is 2.25. The molecule has 0 heterocycles. The van der Waals surface area contributed by atoms with Gasteiger partial charge in [0.15, 0.2) is 0 Å². The van der Waals surface area contributed by atoms with Crippen LogP contribution in [0.15, 0.2) is 42.5 Å². The Morgan fingerprint density at radius 1 is 1.05 bits per heavy atom. The second-order valence-electron chi connectivity index (χ2n) is 5.49. The van der Waals surface area contributed by atoms with Crippen molar-refractivity contribution in [3.8, 4) is 5.75 Å². The Balaban J connectivity index is 1.70. The van der Waals surface area contributed by atoms with Crippen LogP contribution in [0.4, 0.5) is 0 Å². The van der Waals surface area contributed by atoms with Crippen LogP contribution in [0.3, 0.4) is 0 Å². The molecule has 0 fully saturated rings. The Kier molecular flexibility index (Phi) is 4.20. The van der Waals surface area contributed by atoms with Crippen molar-refractivity contribution in [2.24, 2.45) is 5.73 Å². The van der Waals surface area contributed by atoms with Crippen molar-refractivity contribution in [1.82, 2.24) is 0 Å². The summed E-state index contributed by atoms with van der Waals surface area (Å²) in [5.74, 6) is 0.941. The van der Waals surface area contributed by atoms with Gasteiger partial charge in [0.1, 0.15) is 17.3 Å². The van der Waals surface area contributed by atoms with Crippen LogP contribution in [0.5, 0.6) is 5.75 Å². The zero-order valence-corrected chi connectivity index (χ0v) is 12.8. The summed E-state index contributed by atoms with van der Waals surface area (Å²) in [6.45, 7) is 0.537. The van der Waals surface area contributed by atoms with E-state index in [4.69, 9.17) is 22.7 Å². The molecule has 0 atom stereocenters. The molecule has 2 N–H and O–H groups in total. The molecule has 0 saturated heterocycles. The first-order valence-electron chi connectivity index (χ1n) is 7.36. The Morgan fingerprint density at radius 3 is 2.67 bits per heavy atom. The van der Waals surface area contributed by atoms with Crippen LogP contribution in [0.1, 0.15) is 35.1 Å². The first kappa shape index (κ1) is 14.1. The minimum Gasteiger partial charge on any atom is -0.489 e. The summed E-state index contributed by atoms with van der Waals surface area (Å²) >= 11 is 5.00. The summed E-state index contributed by atoms with van der Waals surface area (Å²) in [6, 6.07) is 14.4. The predicted octanol–water partition coefficient (Wildman–Crippen LogP) is 3.78. The monoisotopic (exact) mass is 297 g/mol. The maximum Gasteiger partial charge on any atom is 0.120 e. The molecule has 0 amide bonds. The summed E-state index contributed by atoms with van der Waals surface area (Å²) in [5, 5.41) is 0. The predicted molar refractivity (Wildman–Crippen MR) is 89.7 cm³/mol. The normalized spacial score (nSPS) is 13.5. The van der Waals surface area contributed by atoms with Crippen molar-refractivity contribution >= 4 is 17.2 Å². The minimum absolute atomic E-state index is 0.422. The van der Waals surface area contributed by atoms with Crippen LogP contribution in [-0.2, 0) is 19.4 Å². The fourth-order valence-electron chi connectivity index (χ4n) is 2.78. The summed E-state index contributed by atoms with van der Waals surface area (Å²) in [7, 11) is 0. The molecule has 0 radical (unpaired) electrons. The van der Waals surface area contributed by atoms with Gasteiger partial charge in [0.25, 0.3) is 0 Å². The van der Waals surface area contributed by atoms with E-state index in [1.165, 1.54) is 36.8 Å². The largest absolute Gasteiger partial charge is 0.489 e. The highest BCUT2D eigenvalue weighted by atomic mass is 32.1. The van der Waals surface area contributed by atoms with Gasteiger partial charge in [-0.25, -0.2) is 0 Å². The number of benzene rings is 2. The van der Waals surface area contributed by atoms with Crippen molar-refractivity contribution in [2.75, 3.05) is 0 Å². The lowest BCUT2D eigenvalue weighted by Gasteiger charge is -2.17. The van der Waals surface area contributed by atoms with Gasteiger partial charge in [-0.2, -0.15) is 0 Å². The molecule has 0 aromatic heterocycles. The van der Waals surface area contributed by atoms with Gasteiger partial charge < -0.3 is 10.5 Å². The van der Waals surface area contributed by atoms with Gasteiger partial charge in [-0.05, 0) is 60.6 Å². The molecule has 2 aromatic rings. The molecule has 2 aromatic carbocycles. The molecule has 0 unspecified atom stereocenters. The first-order chi connectivity index (χ1) is 10.2. The number of fused-ring (bicyclic) bond motifs is 1. The number of rotatable bonds is 4. The minimum atomic E-state index is 0.422. The molecule has 2 nitrogen and oxygen atoms in total. The van der Waals surface area contributed by atoms with Crippen LogP contribution in [0.25, 0.3) is 0 Å². The van der Waals surface area contributed by atoms with Gasteiger partial charge in [0, 0.05) is 5.56 Å². The maximum absolute atomic E-state index is 5.91. The lowest BCUT2D eigenvalue weighted by atomic mass is 9.92. The third-order valence-electron chi connectivity index (χ3n) is 3.94. The van der Waals surface area contributed by atoms with Gasteiger partial charge in [-0.15, -0.1) is 0 Å². The quantitative estimate of drug-likeness (QED) is 0.872. The fraction of sp³-hybridized carbons (Fsp3) is 0.278. The summed E-state index contributed by atoms with van der Waals surface area (Å²) in [4.78, 5) is 0.422. The van der Waals surface area contributed by atoms with Gasteiger partial charge >= 0.3 is 0 Å². The molecule has 1 aliphatic rings. The number of ether oxygens (including phenoxy) is 1. The third-order valence-corrected chi connectivity index (χ3v) is 4.17. The Hall–Kier alpha value is -1.87. The maximum atomic E-state index is 5.91. The van der Waals surface area contributed by atoms with E-state index in [0.717, 1.165) is 16.9 Å². The van der Waals surface area contributed by atoms with Gasteiger partial charge in [-0.3, -0.25) is 0 Å². The SMILES string of the molecule is NC(=S)c1cccc(COc2ccc3c(c2)CCCC3)c1. The second kappa shape index (κ2) is 6.27. The number of thiocarbonyl (C=S) groups is 1. The average molecular weight is 297 g/mol. The second-order valence-corrected chi connectivity index (χ2v) is 5.93. The molecule has 1 aliphatic carbocycles. The summed E-state index contributed by atoms with van der Waals surface area (Å²) < 4.78 is 5.91. The van der Waals surface area contributed by atoms with Gasteiger partial charge in [0.05, 0.1) is 0 Å². The highest BCUT2D eigenvalue weighted by molar-refractivity contribution is 7.80. The average Bonchev–Trinajstić information content (AvgIpc) is 2.53. The molecule has 3 rings (SSSR count). The molecular weight excluding hydrogens is 278 g/mol. The molecule has 0 bridgehead atoms. The van der Waals surface area contributed by atoms with Crippen LogP contribution >= 0.6 is 12.2 Å². The van der Waals surface area contributed by atoms with Gasteiger partial charge in [0.2, 0.25) is 0 Å². The molecule has 0 saturated carbocycles. The Morgan fingerprint density at radius 2 is 1.86 bits per heavy atom. The van der Waals surface area contributed by atoms with Crippen LogP contribution in [0.2, 0.25) is 0 Å². The van der Waals surface area contributed by atoms with Gasteiger partial charge in [-0.1, -0.05) is 36.5 Å². The number of hydrogen-bond acceptors (Lipinski definition) is 2. The van der Waals surface area contributed by atoms with E-state index in [2.05, 4.69) is 18.2 Å². The standard InChI is InChI=1S/C18H19NOS/c19-18(21)16-7-3-4-13(10-16)12-20-17-9-8-14-5-1-2-6-15(14)11-17/h3-4,7-11H,1-2,5-6,12H2,(H2,19,21). The molecule has 0 aliphatic heterocycles. The lowest BCUT2D eigenvalue weighted by Crippen LogP contribution is -2.10. The molecule has 21 heavy (non-hydrogen) atoms. The lowest BCUT2D eigenvalue weighted by molar-refractivity contribution is 0.305. The topological polar surface area (TPSA) is 35.2 Å². The first-order valence-corrected chi connectivity index (χ1v) is 7.76. The van der Waals surface area contributed by atoms with Crippen molar-refractivity contribution in [3.05, 3.63) is 64.7 Å². The summed E-state index contributed by atoms with van der Waals surface area (Å²) in [6.07, 6.45) is 4.96. The highest BCUT2D eigenvalue weighted by Gasteiger charge is 2.10. The Bertz CT molecular complexity index is 666. The number of hydrogen-bond donors (Lipinski definition) is 1.